The Kier molecular flexibility index (Phi) is 4.05. The molecule has 0 atom stereocenters. The van der Waals surface area contributed by atoms with Crippen molar-refractivity contribution in [2.24, 2.45) is 5.10 Å². The van der Waals surface area contributed by atoms with Crippen molar-refractivity contribution in [3.63, 3.8) is 0 Å². The Balaban J connectivity index is 2.16. The number of rotatable bonds is 4. The maximum Gasteiger partial charge on any atom is 0.337 e. The van der Waals surface area contributed by atoms with Crippen LogP contribution in [0.3, 0.4) is 0 Å². The number of carbonyl (C=O) groups is 1. The number of nitrogens with one attached hydrogen (secondary N) is 2. The lowest BCUT2D eigenvalue weighted by molar-refractivity contribution is 0.0695. The van der Waals surface area contributed by atoms with Gasteiger partial charge in [-0.3, -0.25) is 5.43 Å². The largest absolute Gasteiger partial charge is 0.478 e. The van der Waals surface area contributed by atoms with Crippen LogP contribution in [0.2, 0.25) is 5.15 Å². The van der Waals surface area contributed by atoms with Crippen molar-refractivity contribution in [1.82, 2.24) is 9.97 Å². The number of halogens is 1. The summed E-state index contributed by atoms with van der Waals surface area (Å²) in [5.41, 5.74) is 4.86. The Morgan fingerprint density at radius 2 is 2.25 bits per heavy atom. The summed E-state index contributed by atoms with van der Waals surface area (Å²) in [5.74, 6) is -0.450. The van der Waals surface area contributed by atoms with Crippen LogP contribution in [0.15, 0.2) is 23.3 Å². The van der Waals surface area contributed by atoms with Gasteiger partial charge < -0.3 is 10.1 Å². The van der Waals surface area contributed by atoms with Crippen LogP contribution >= 0.6 is 11.6 Å². The third-order valence-electron chi connectivity index (χ3n) is 2.78. The molecule has 104 valence electrons. The first-order valence-electron chi connectivity index (χ1n) is 5.83. The molecule has 2 heterocycles. The molecule has 2 aromatic rings. The van der Waals surface area contributed by atoms with E-state index >= 15 is 0 Å². The Morgan fingerprint density at radius 1 is 1.50 bits per heavy atom. The van der Waals surface area contributed by atoms with E-state index in [2.05, 4.69) is 20.5 Å². The molecule has 2 aromatic heterocycles. The van der Waals surface area contributed by atoms with Crippen molar-refractivity contribution in [2.75, 3.05) is 5.43 Å². The number of pyridine rings is 1. The molecule has 0 spiro atoms. The summed E-state index contributed by atoms with van der Waals surface area (Å²) in [6.45, 7) is 3.44. The number of H-pyrrole nitrogens is 1. The van der Waals surface area contributed by atoms with Gasteiger partial charge in [0.15, 0.2) is 0 Å². The van der Waals surface area contributed by atoms with E-state index in [9.17, 15) is 4.79 Å². The number of nitrogens with zero attached hydrogens (tertiary/aromatic N) is 2. The number of aromatic nitrogens is 2. The van der Waals surface area contributed by atoms with E-state index < -0.39 is 5.97 Å². The van der Waals surface area contributed by atoms with E-state index in [-0.39, 0.29) is 5.56 Å². The Hall–Kier alpha value is -2.34. The lowest BCUT2D eigenvalue weighted by atomic mass is 10.1. The van der Waals surface area contributed by atoms with Crippen LogP contribution in [0.5, 0.6) is 0 Å². The molecule has 0 aliphatic rings. The van der Waals surface area contributed by atoms with Gasteiger partial charge in [-0.1, -0.05) is 17.7 Å². The van der Waals surface area contributed by atoms with Crippen molar-refractivity contribution in [2.45, 2.75) is 13.8 Å². The third kappa shape index (κ3) is 2.97. The molecule has 0 aromatic carbocycles. The molecule has 0 fully saturated rings. The molecule has 7 heteroatoms. The lowest BCUT2D eigenvalue weighted by Crippen LogP contribution is -1.99. The highest BCUT2D eigenvalue weighted by Gasteiger charge is 2.15. The highest BCUT2D eigenvalue weighted by Crippen LogP contribution is 2.16. The fourth-order valence-corrected chi connectivity index (χ4v) is 2.02. The van der Waals surface area contributed by atoms with Crippen LogP contribution < -0.4 is 5.43 Å². The van der Waals surface area contributed by atoms with E-state index in [4.69, 9.17) is 16.7 Å². The van der Waals surface area contributed by atoms with Gasteiger partial charge in [-0.2, -0.15) is 5.10 Å². The normalized spacial score (nSPS) is 10.9. The molecule has 0 aliphatic heterocycles. The lowest BCUT2D eigenvalue weighted by Gasteiger charge is -1.98. The van der Waals surface area contributed by atoms with Crippen LogP contribution in [0.4, 0.5) is 5.82 Å². The monoisotopic (exact) mass is 292 g/mol. The predicted molar refractivity (Wildman–Crippen MR) is 77.7 cm³/mol. The van der Waals surface area contributed by atoms with Crippen LogP contribution in [-0.4, -0.2) is 27.3 Å². The van der Waals surface area contributed by atoms with Crippen LogP contribution in [-0.2, 0) is 0 Å². The molecule has 0 aliphatic carbocycles. The van der Waals surface area contributed by atoms with Crippen molar-refractivity contribution < 1.29 is 9.90 Å². The standard InChI is InChI=1S/C13H13ClN4O2/c1-7-9(16-8(2)12(7)13(19)20)6-15-18-11-5-3-4-10(14)17-11/h3-6,16H,1-2H3,(H,17,18)(H,19,20). The van der Waals surface area contributed by atoms with Crippen LogP contribution in [0.25, 0.3) is 0 Å². The van der Waals surface area contributed by atoms with Crippen LogP contribution in [0.1, 0.15) is 27.3 Å². The van der Waals surface area contributed by atoms with Crippen molar-refractivity contribution in [3.05, 3.63) is 45.9 Å². The Bertz CT molecular complexity index is 679. The molecular weight excluding hydrogens is 280 g/mol. The number of carboxylic acid groups (broad SMARTS) is 1. The third-order valence-corrected chi connectivity index (χ3v) is 2.99. The van der Waals surface area contributed by atoms with Gasteiger partial charge in [-0.15, -0.1) is 0 Å². The molecule has 0 saturated heterocycles. The number of aromatic amines is 1. The minimum Gasteiger partial charge on any atom is -0.478 e. The number of hydrogen-bond donors (Lipinski definition) is 3. The fourth-order valence-electron chi connectivity index (χ4n) is 1.86. The van der Waals surface area contributed by atoms with Gasteiger partial charge in [-0.05, 0) is 31.5 Å². The maximum absolute atomic E-state index is 11.1. The van der Waals surface area contributed by atoms with Gasteiger partial charge in [0, 0.05) is 5.69 Å². The molecular formula is C13H13ClN4O2. The highest BCUT2D eigenvalue weighted by molar-refractivity contribution is 6.29. The van der Waals surface area contributed by atoms with Crippen LogP contribution in [0, 0.1) is 13.8 Å². The highest BCUT2D eigenvalue weighted by atomic mass is 35.5. The second-order valence-electron chi connectivity index (χ2n) is 4.18. The molecule has 0 saturated carbocycles. The minimum absolute atomic E-state index is 0.271. The second kappa shape index (κ2) is 5.75. The minimum atomic E-state index is -0.958. The van der Waals surface area contributed by atoms with Gasteiger partial charge in [0.1, 0.15) is 11.0 Å². The zero-order chi connectivity index (χ0) is 14.7. The van der Waals surface area contributed by atoms with Crippen molar-refractivity contribution in [1.29, 1.82) is 0 Å². The zero-order valence-corrected chi connectivity index (χ0v) is 11.7. The number of aromatic carboxylic acids is 1. The molecule has 3 N–H and O–H groups in total. The average Bonchev–Trinajstić information content (AvgIpc) is 2.64. The fraction of sp³-hybridized carbons (Fsp3) is 0.154. The molecule has 20 heavy (non-hydrogen) atoms. The summed E-state index contributed by atoms with van der Waals surface area (Å²) in [4.78, 5) is 18.1. The molecule has 0 bridgehead atoms. The number of aryl methyl sites for hydroxylation is 1. The predicted octanol–water partition coefficient (Wildman–Crippen LogP) is 2.82. The van der Waals surface area contributed by atoms with E-state index in [1.165, 1.54) is 6.21 Å². The Labute approximate surface area is 120 Å². The van der Waals surface area contributed by atoms with Gasteiger partial charge in [0.2, 0.25) is 0 Å². The second-order valence-corrected chi connectivity index (χ2v) is 4.57. The van der Waals surface area contributed by atoms with Crippen molar-refractivity contribution >= 4 is 29.6 Å². The molecule has 6 nitrogen and oxygen atoms in total. The number of hydrazone groups is 1. The van der Waals surface area contributed by atoms with Gasteiger partial charge in [0.05, 0.1) is 17.5 Å². The summed E-state index contributed by atoms with van der Waals surface area (Å²) in [5, 5.41) is 13.5. The summed E-state index contributed by atoms with van der Waals surface area (Å²) >= 11 is 5.75. The van der Waals surface area contributed by atoms with Gasteiger partial charge >= 0.3 is 5.97 Å². The average molecular weight is 293 g/mol. The molecule has 0 radical (unpaired) electrons. The SMILES string of the molecule is Cc1[nH]c(C=NNc2cccc(Cl)n2)c(C)c1C(=O)O. The summed E-state index contributed by atoms with van der Waals surface area (Å²) < 4.78 is 0. The summed E-state index contributed by atoms with van der Waals surface area (Å²) in [7, 11) is 0. The smallest absolute Gasteiger partial charge is 0.337 e. The Morgan fingerprint density at radius 3 is 2.85 bits per heavy atom. The van der Waals surface area contributed by atoms with E-state index in [0.717, 1.165) is 0 Å². The topological polar surface area (TPSA) is 90.4 Å². The van der Waals surface area contributed by atoms with Gasteiger partial charge in [-0.25, -0.2) is 9.78 Å². The first-order valence-corrected chi connectivity index (χ1v) is 6.21. The van der Waals surface area contributed by atoms with E-state index in [1.54, 1.807) is 32.0 Å². The number of anilines is 1. The molecule has 0 amide bonds. The number of hydrogen-bond acceptors (Lipinski definition) is 4. The summed E-state index contributed by atoms with van der Waals surface area (Å²) in [6, 6.07) is 5.13. The first kappa shape index (κ1) is 14.1. The molecule has 2 rings (SSSR count). The summed E-state index contributed by atoms with van der Waals surface area (Å²) in [6.07, 6.45) is 1.51. The maximum atomic E-state index is 11.1. The van der Waals surface area contributed by atoms with E-state index in [0.29, 0.717) is 27.9 Å². The number of carboxylic acids is 1. The first-order chi connectivity index (χ1) is 9.49. The quantitative estimate of drug-likeness (QED) is 0.459. The zero-order valence-electron chi connectivity index (χ0n) is 10.9. The molecule has 0 unspecified atom stereocenters. The van der Waals surface area contributed by atoms with E-state index in [1.807, 2.05) is 0 Å². The van der Waals surface area contributed by atoms with Gasteiger partial charge in [0.25, 0.3) is 0 Å². The van der Waals surface area contributed by atoms with Crippen molar-refractivity contribution in [3.8, 4) is 0 Å².